The topological polar surface area (TPSA) is 9.23 Å². The van der Waals surface area contributed by atoms with Crippen LogP contribution in [0.5, 0.6) is 0 Å². The Morgan fingerprint density at radius 2 is 2.25 bits per heavy atom. The molecule has 0 aromatic heterocycles. The summed E-state index contributed by atoms with van der Waals surface area (Å²) >= 11 is 6.15. The lowest BCUT2D eigenvalue weighted by molar-refractivity contribution is 0.183. The summed E-state index contributed by atoms with van der Waals surface area (Å²) < 4.78 is 5.31. The van der Waals surface area contributed by atoms with Crippen molar-refractivity contribution >= 4 is 11.6 Å². The first-order valence-corrected chi connectivity index (χ1v) is 5.35. The van der Waals surface area contributed by atoms with E-state index in [9.17, 15) is 0 Å². The van der Waals surface area contributed by atoms with Gasteiger partial charge in [0.15, 0.2) is 0 Å². The van der Waals surface area contributed by atoms with E-state index in [0.717, 1.165) is 25.6 Å². The average molecular weight is 191 g/mol. The van der Waals surface area contributed by atoms with Gasteiger partial charge in [-0.1, -0.05) is 13.8 Å². The van der Waals surface area contributed by atoms with Gasteiger partial charge < -0.3 is 4.74 Å². The fourth-order valence-corrected chi connectivity index (χ4v) is 1.67. The Hall–Kier alpha value is 0.250. The molecule has 1 aliphatic heterocycles. The van der Waals surface area contributed by atoms with Crippen LogP contribution in [0.1, 0.15) is 33.1 Å². The fraction of sp³-hybridized carbons (Fsp3) is 1.00. The SMILES string of the molecule is CC(C)C(Cl)CCC1CCOC1. The quantitative estimate of drug-likeness (QED) is 0.620. The number of hydrogen-bond donors (Lipinski definition) is 0. The zero-order valence-electron chi connectivity index (χ0n) is 8.05. The molecule has 2 heteroatoms. The minimum absolute atomic E-state index is 0.352. The summed E-state index contributed by atoms with van der Waals surface area (Å²) in [7, 11) is 0. The van der Waals surface area contributed by atoms with Gasteiger partial charge >= 0.3 is 0 Å². The van der Waals surface area contributed by atoms with Crippen LogP contribution in [-0.4, -0.2) is 18.6 Å². The van der Waals surface area contributed by atoms with Crippen molar-refractivity contribution in [2.75, 3.05) is 13.2 Å². The summed E-state index contributed by atoms with van der Waals surface area (Å²) in [6.45, 7) is 6.28. The molecule has 2 atom stereocenters. The van der Waals surface area contributed by atoms with Crippen LogP contribution >= 0.6 is 11.6 Å². The highest BCUT2D eigenvalue weighted by atomic mass is 35.5. The van der Waals surface area contributed by atoms with E-state index in [0.29, 0.717) is 11.3 Å². The minimum atomic E-state index is 0.352. The average Bonchev–Trinajstić information content (AvgIpc) is 2.51. The van der Waals surface area contributed by atoms with Crippen LogP contribution in [0.25, 0.3) is 0 Å². The second-order valence-corrected chi connectivity index (χ2v) is 4.63. The monoisotopic (exact) mass is 190 g/mol. The van der Waals surface area contributed by atoms with Crippen LogP contribution in [0.2, 0.25) is 0 Å². The summed E-state index contributed by atoms with van der Waals surface area (Å²) in [4.78, 5) is 0. The van der Waals surface area contributed by atoms with Crippen molar-refractivity contribution in [2.45, 2.75) is 38.5 Å². The minimum Gasteiger partial charge on any atom is -0.381 e. The summed E-state index contributed by atoms with van der Waals surface area (Å²) in [5, 5.41) is 0.352. The van der Waals surface area contributed by atoms with Crippen LogP contribution < -0.4 is 0 Å². The fourth-order valence-electron chi connectivity index (χ4n) is 1.54. The first kappa shape index (κ1) is 10.3. The number of rotatable bonds is 4. The highest BCUT2D eigenvalue weighted by molar-refractivity contribution is 6.20. The Bertz CT molecular complexity index is 117. The van der Waals surface area contributed by atoms with Crippen molar-refractivity contribution in [3.63, 3.8) is 0 Å². The van der Waals surface area contributed by atoms with Crippen molar-refractivity contribution in [1.29, 1.82) is 0 Å². The number of halogens is 1. The molecule has 0 radical (unpaired) electrons. The largest absolute Gasteiger partial charge is 0.381 e. The Morgan fingerprint density at radius 3 is 2.75 bits per heavy atom. The Morgan fingerprint density at radius 1 is 1.50 bits per heavy atom. The van der Waals surface area contributed by atoms with Gasteiger partial charge in [-0.15, -0.1) is 11.6 Å². The van der Waals surface area contributed by atoms with E-state index in [4.69, 9.17) is 16.3 Å². The smallest absolute Gasteiger partial charge is 0.0495 e. The molecule has 2 unspecified atom stereocenters. The van der Waals surface area contributed by atoms with Crippen molar-refractivity contribution < 1.29 is 4.74 Å². The summed E-state index contributed by atoms with van der Waals surface area (Å²) in [6, 6.07) is 0. The summed E-state index contributed by atoms with van der Waals surface area (Å²) in [5.74, 6) is 1.39. The van der Waals surface area contributed by atoms with E-state index in [1.54, 1.807) is 0 Å². The first-order chi connectivity index (χ1) is 5.70. The van der Waals surface area contributed by atoms with Crippen LogP contribution in [-0.2, 0) is 4.74 Å². The van der Waals surface area contributed by atoms with Gasteiger partial charge in [-0.2, -0.15) is 0 Å². The highest BCUT2D eigenvalue weighted by Gasteiger charge is 2.18. The van der Waals surface area contributed by atoms with Crippen LogP contribution in [0, 0.1) is 11.8 Å². The number of alkyl halides is 1. The van der Waals surface area contributed by atoms with E-state index >= 15 is 0 Å². The van der Waals surface area contributed by atoms with E-state index in [1.807, 2.05) is 0 Å². The van der Waals surface area contributed by atoms with E-state index in [2.05, 4.69) is 13.8 Å². The number of ether oxygens (including phenoxy) is 1. The molecule has 0 aromatic carbocycles. The molecule has 1 rings (SSSR count). The van der Waals surface area contributed by atoms with E-state index in [-0.39, 0.29) is 0 Å². The molecule has 12 heavy (non-hydrogen) atoms. The second kappa shape index (κ2) is 5.08. The Balaban J connectivity index is 2.07. The molecular weight excluding hydrogens is 172 g/mol. The van der Waals surface area contributed by atoms with Gasteiger partial charge in [0.25, 0.3) is 0 Å². The van der Waals surface area contributed by atoms with Crippen molar-refractivity contribution in [3.8, 4) is 0 Å². The lowest BCUT2D eigenvalue weighted by Crippen LogP contribution is -2.10. The van der Waals surface area contributed by atoms with Gasteiger partial charge in [-0.05, 0) is 31.1 Å². The normalized spacial score (nSPS) is 26.5. The molecule has 1 heterocycles. The molecule has 0 amide bonds. The molecule has 0 aliphatic carbocycles. The maximum atomic E-state index is 6.15. The maximum absolute atomic E-state index is 6.15. The molecule has 0 bridgehead atoms. The number of hydrogen-bond acceptors (Lipinski definition) is 1. The van der Waals surface area contributed by atoms with Crippen molar-refractivity contribution in [3.05, 3.63) is 0 Å². The van der Waals surface area contributed by atoms with Gasteiger partial charge in [0.2, 0.25) is 0 Å². The van der Waals surface area contributed by atoms with Gasteiger partial charge in [0.05, 0.1) is 0 Å². The second-order valence-electron chi connectivity index (χ2n) is 4.07. The Kier molecular flexibility index (Phi) is 4.38. The molecule has 0 aromatic rings. The van der Waals surface area contributed by atoms with Gasteiger partial charge in [0.1, 0.15) is 0 Å². The summed E-state index contributed by atoms with van der Waals surface area (Å²) in [5.41, 5.74) is 0. The third kappa shape index (κ3) is 3.32. The highest BCUT2D eigenvalue weighted by Crippen LogP contribution is 2.23. The van der Waals surface area contributed by atoms with Crippen LogP contribution in [0.15, 0.2) is 0 Å². The molecule has 0 spiro atoms. The molecule has 72 valence electrons. The predicted octanol–water partition coefficient (Wildman–Crippen LogP) is 3.07. The molecular formula is C10H19ClO. The zero-order valence-corrected chi connectivity index (χ0v) is 8.81. The van der Waals surface area contributed by atoms with Crippen LogP contribution in [0.4, 0.5) is 0 Å². The van der Waals surface area contributed by atoms with Crippen molar-refractivity contribution in [2.24, 2.45) is 11.8 Å². The Labute approximate surface area is 80.4 Å². The van der Waals surface area contributed by atoms with Gasteiger partial charge in [0, 0.05) is 18.6 Å². The predicted molar refractivity (Wildman–Crippen MR) is 52.6 cm³/mol. The van der Waals surface area contributed by atoms with Gasteiger partial charge in [-0.3, -0.25) is 0 Å². The van der Waals surface area contributed by atoms with Gasteiger partial charge in [-0.25, -0.2) is 0 Å². The van der Waals surface area contributed by atoms with E-state index < -0.39 is 0 Å². The molecule has 1 saturated heterocycles. The molecule has 1 nitrogen and oxygen atoms in total. The van der Waals surface area contributed by atoms with E-state index in [1.165, 1.54) is 12.8 Å². The van der Waals surface area contributed by atoms with Crippen molar-refractivity contribution in [1.82, 2.24) is 0 Å². The molecule has 1 fully saturated rings. The molecule has 0 N–H and O–H groups in total. The standard InChI is InChI=1S/C10H19ClO/c1-8(2)10(11)4-3-9-5-6-12-7-9/h8-10H,3-7H2,1-2H3. The first-order valence-electron chi connectivity index (χ1n) is 4.92. The molecule has 0 saturated carbocycles. The third-order valence-electron chi connectivity index (χ3n) is 2.60. The summed E-state index contributed by atoms with van der Waals surface area (Å²) in [6.07, 6.45) is 3.63. The lowest BCUT2D eigenvalue weighted by Gasteiger charge is -2.14. The molecule has 1 aliphatic rings. The zero-order chi connectivity index (χ0) is 8.97. The van der Waals surface area contributed by atoms with Crippen LogP contribution in [0.3, 0.4) is 0 Å². The maximum Gasteiger partial charge on any atom is 0.0495 e. The lowest BCUT2D eigenvalue weighted by atomic mass is 9.97. The third-order valence-corrected chi connectivity index (χ3v) is 3.32.